The van der Waals surface area contributed by atoms with Crippen molar-refractivity contribution in [2.24, 2.45) is 0 Å². The third-order valence-corrected chi connectivity index (χ3v) is 2.97. The molecular formula is C17H13N3. The number of aromatic nitrogens is 3. The maximum Gasteiger partial charge on any atom is 0.0701 e. The molecule has 0 aliphatic heterocycles. The second kappa shape index (κ2) is 5.89. The maximum atomic E-state index is 4.18. The molecule has 4 rings (SSSR count). The summed E-state index contributed by atoms with van der Waals surface area (Å²) >= 11 is 0. The molecule has 0 amide bonds. The Morgan fingerprint density at radius 1 is 0.550 bits per heavy atom. The fourth-order valence-electron chi connectivity index (χ4n) is 1.95. The molecule has 96 valence electrons. The van der Waals surface area contributed by atoms with E-state index in [0.717, 1.165) is 16.3 Å². The molecule has 2 heterocycles. The van der Waals surface area contributed by atoms with Gasteiger partial charge >= 0.3 is 0 Å². The quantitative estimate of drug-likeness (QED) is 0.481. The Hall–Kier alpha value is -2.81. The molecule has 4 aromatic rings. The van der Waals surface area contributed by atoms with E-state index in [4.69, 9.17) is 0 Å². The highest BCUT2D eigenvalue weighted by Gasteiger charge is 1.87. The molecule has 0 saturated carbocycles. The van der Waals surface area contributed by atoms with Crippen LogP contribution in [-0.4, -0.2) is 15.2 Å². The van der Waals surface area contributed by atoms with E-state index in [0.29, 0.717) is 0 Å². The smallest absolute Gasteiger partial charge is 0.0701 e. The highest BCUT2D eigenvalue weighted by molar-refractivity contribution is 5.80. The molecule has 2 aromatic heterocycles. The van der Waals surface area contributed by atoms with E-state index in [9.17, 15) is 0 Å². The monoisotopic (exact) mass is 259 g/mol. The predicted octanol–water partition coefficient (Wildman–Crippen LogP) is 3.86. The molecule has 0 fully saturated rings. The topological polar surface area (TPSA) is 38.7 Å². The highest BCUT2D eigenvalue weighted by atomic mass is 15.1. The molecule has 3 heteroatoms. The van der Waals surface area contributed by atoms with Crippen molar-refractivity contribution in [3.8, 4) is 0 Å². The molecule has 0 aliphatic carbocycles. The Balaban J connectivity index is 0.000000121. The van der Waals surface area contributed by atoms with Gasteiger partial charge in [0.25, 0.3) is 0 Å². The van der Waals surface area contributed by atoms with Crippen LogP contribution in [0.4, 0.5) is 0 Å². The van der Waals surface area contributed by atoms with Crippen LogP contribution in [0, 0.1) is 0 Å². The van der Waals surface area contributed by atoms with Gasteiger partial charge in [-0.25, -0.2) is 0 Å². The van der Waals surface area contributed by atoms with Crippen LogP contribution >= 0.6 is 0 Å². The van der Waals surface area contributed by atoms with E-state index in [-0.39, 0.29) is 0 Å². The number of rotatable bonds is 0. The average Bonchev–Trinajstić information content (AvgIpc) is 2.56. The Kier molecular flexibility index (Phi) is 3.60. The summed E-state index contributed by atoms with van der Waals surface area (Å²) in [5.74, 6) is 0. The molecule has 0 unspecified atom stereocenters. The zero-order valence-corrected chi connectivity index (χ0v) is 10.8. The molecule has 0 saturated heterocycles. The van der Waals surface area contributed by atoms with E-state index in [1.807, 2.05) is 54.7 Å². The predicted molar refractivity (Wildman–Crippen MR) is 81.3 cm³/mol. The third kappa shape index (κ3) is 2.78. The van der Waals surface area contributed by atoms with Crippen LogP contribution in [0.15, 0.2) is 79.3 Å². The lowest BCUT2D eigenvalue weighted by Gasteiger charge is -1.91. The third-order valence-electron chi connectivity index (χ3n) is 2.97. The van der Waals surface area contributed by atoms with Crippen LogP contribution in [0.5, 0.6) is 0 Å². The first-order valence-electron chi connectivity index (χ1n) is 6.39. The minimum Gasteiger partial charge on any atom is -0.256 e. The van der Waals surface area contributed by atoms with Crippen molar-refractivity contribution in [2.75, 3.05) is 0 Å². The van der Waals surface area contributed by atoms with Crippen LogP contribution in [-0.2, 0) is 0 Å². The van der Waals surface area contributed by atoms with Crippen LogP contribution in [0.3, 0.4) is 0 Å². The van der Waals surface area contributed by atoms with Gasteiger partial charge < -0.3 is 0 Å². The van der Waals surface area contributed by atoms with Gasteiger partial charge in [0.1, 0.15) is 0 Å². The SMILES string of the molecule is c1ccc2cnncc2c1.c1ccc2ncccc2c1. The molecule has 0 spiro atoms. The van der Waals surface area contributed by atoms with Crippen molar-refractivity contribution in [2.45, 2.75) is 0 Å². The van der Waals surface area contributed by atoms with Crippen molar-refractivity contribution in [1.29, 1.82) is 0 Å². The number of fused-ring (bicyclic) bond motifs is 2. The van der Waals surface area contributed by atoms with Gasteiger partial charge in [-0.2, -0.15) is 10.2 Å². The van der Waals surface area contributed by atoms with Gasteiger partial charge in [0.05, 0.1) is 17.9 Å². The molecule has 0 aliphatic rings. The summed E-state index contributed by atoms with van der Waals surface area (Å²) in [6.45, 7) is 0. The fraction of sp³-hybridized carbons (Fsp3) is 0. The minimum absolute atomic E-state index is 1.06. The van der Waals surface area contributed by atoms with Crippen LogP contribution in [0.1, 0.15) is 0 Å². The maximum absolute atomic E-state index is 4.18. The van der Waals surface area contributed by atoms with Crippen molar-refractivity contribution in [3.63, 3.8) is 0 Å². The second-order valence-electron chi connectivity index (χ2n) is 4.31. The number of benzene rings is 2. The number of hydrogen-bond donors (Lipinski definition) is 0. The molecule has 0 radical (unpaired) electrons. The second-order valence-corrected chi connectivity index (χ2v) is 4.31. The number of nitrogens with zero attached hydrogens (tertiary/aromatic N) is 3. The van der Waals surface area contributed by atoms with E-state index >= 15 is 0 Å². The average molecular weight is 259 g/mol. The van der Waals surface area contributed by atoms with Crippen LogP contribution in [0.25, 0.3) is 21.7 Å². The van der Waals surface area contributed by atoms with Gasteiger partial charge in [0, 0.05) is 22.4 Å². The van der Waals surface area contributed by atoms with Gasteiger partial charge in [-0.05, 0) is 12.1 Å². The van der Waals surface area contributed by atoms with E-state index < -0.39 is 0 Å². The molecule has 0 atom stereocenters. The number of hydrogen-bond acceptors (Lipinski definition) is 3. The summed E-state index contributed by atoms with van der Waals surface area (Å²) in [6, 6.07) is 20.1. The van der Waals surface area contributed by atoms with Crippen molar-refractivity contribution in [1.82, 2.24) is 15.2 Å². The van der Waals surface area contributed by atoms with E-state index in [2.05, 4.69) is 27.3 Å². The number of para-hydroxylation sites is 1. The summed E-state index contributed by atoms with van der Waals surface area (Å²) in [5.41, 5.74) is 1.06. The molecular weight excluding hydrogens is 246 g/mol. The standard InChI is InChI=1S/C9H7N.C8H6N2/c1-2-6-9-8(4-1)5-3-7-10-9;1-2-4-8-6-10-9-5-7(8)3-1/h1-7H;1-6H. The molecule has 3 nitrogen and oxygen atoms in total. The lowest BCUT2D eigenvalue weighted by atomic mass is 10.2. The summed E-state index contributed by atoms with van der Waals surface area (Å²) in [5, 5.41) is 11.0. The van der Waals surface area contributed by atoms with Gasteiger partial charge in [0.2, 0.25) is 0 Å². The van der Waals surface area contributed by atoms with Gasteiger partial charge in [-0.1, -0.05) is 48.5 Å². The van der Waals surface area contributed by atoms with Gasteiger partial charge in [-0.3, -0.25) is 4.98 Å². The van der Waals surface area contributed by atoms with Gasteiger partial charge in [0.15, 0.2) is 0 Å². The summed E-state index contributed by atoms with van der Waals surface area (Å²) in [4.78, 5) is 4.18. The van der Waals surface area contributed by atoms with Crippen molar-refractivity contribution < 1.29 is 0 Å². The Bertz CT molecular complexity index is 625. The first kappa shape index (κ1) is 12.2. The normalized spacial score (nSPS) is 10.0. The minimum atomic E-state index is 1.06. The van der Waals surface area contributed by atoms with Crippen molar-refractivity contribution >= 4 is 21.7 Å². The van der Waals surface area contributed by atoms with E-state index in [1.54, 1.807) is 12.4 Å². The van der Waals surface area contributed by atoms with Gasteiger partial charge in [-0.15, -0.1) is 0 Å². The summed E-state index contributed by atoms with van der Waals surface area (Å²) in [7, 11) is 0. The Morgan fingerprint density at radius 2 is 1.10 bits per heavy atom. The molecule has 2 aromatic carbocycles. The molecule has 0 N–H and O–H groups in total. The molecule has 0 bridgehead atoms. The Morgan fingerprint density at radius 3 is 1.75 bits per heavy atom. The van der Waals surface area contributed by atoms with Crippen molar-refractivity contribution in [3.05, 3.63) is 79.3 Å². The number of pyridine rings is 1. The van der Waals surface area contributed by atoms with Crippen LogP contribution < -0.4 is 0 Å². The van der Waals surface area contributed by atoms with E-state index in [1.165, 1.54) is 5.39 Å². The largest absolute Gasteiger partial charge is 0.256 e. The zero-order chi connectivity index (χ0) is 13.6. The first-order chi connectivity index (χ1) is 9.93. The fourth-order valence-corrected chi connectivity index (χ4v) is 1.95. The molecule has 20 heavy (non-hydrogen) atoms. The first-order valence-corrected chi connectivity index (χ1v) is 6.39. The highest BCUT2D eigenvalue weighted by Crippen LogP contribution is 2.08. The lowest BCUT2D eigenvalue weighted by Crippen LogP contribution is -1.77. The Labute approximate surface area is 116 Å². The summed E-state index contributed by atoms with van der Waals surface area (Å²) in [6.07, 6.45) is 5.33. The lowest BCUT2D eigenvalue weighted by molar-refractivity contribution is 1.05. The van der Waals surface area contributed by atoms with Crippen LogP contribution in [0.2, 0.25) is 0 Å². The zero-order valence-electron chi connectivity index (χ0n) is 10.8. The summed E-state index contributed by atoms with van der Waals surface area (Å²) < 4.78 is 0.